The van der Waals surface area contributed by atoms with Crippen molar-refractivity contribution in [3.8, 4) is 0 Å². The number of hydrogen-bond acceptors (Lipinski definition) is 5. The van der Waals surface area contributed by atoms with Crippen LogP contribution in [0.3, 0.4) is 0 Å². The SMILES string of the molecule is COC(=O)CC(Cc1ccccc1)C(=O)N1CCC[C@H]1C(=O)OC(C)(C)C. The third-order valence-electron chi connectivity index (χ3n) is 4.53. The molecule has 0 aromatic heterocycles. The van der Waals surface area contributed by atoms with Crippen LogP contribution in [0.5, 0.6) is 0 Å². The summed E-state index contributed by atoms with van der Waals surface area (Å²) >= 11 is 0. The Balaban J connectivity index is 2.16. The normalized spacial score (nSPS) is 18.1. The number of ether oxygens (including phenoxy) is 2. The summed E-state index contributed by atoms with van der Waals surface area (Å²) in [6, 6.07) is 8.95. The molecule has 0 saturated carbocycles. The van der Waals surface area contributed by atoms with Gasteiger partial charge in [-0.05, 0) is 45.6 Å². The number of benzene rings is 1. The number of methoxy groups -OCH3 is 1. The summed E-state index contributed by atoms with van der Waals surface area (Å²) in [5, 5.41) is 0. The van der Waals surface area contributed by atoms with Gasteiger partial charge in [0.15, 0.2) is 0 Å². The molecule has 1 aliphatic rings. The molecule has 2 atom stereocenters. The maximum atomic E-state index is 13.2. The molecule has 0 spiro atoms. The van der Waals surface area contributed by atoms with Gasteiger partial charge in [-0.3, -0.25) is 9.59 Å². The quantitative estimate of drug-likeness (QED) is 0.715. The minimum Gasteiger partial charge on any atom is -0.469 e. The van der Waals surface area contributed by atoms with Crippen LogP contribution in [-0.2, 0) is 30.3 Å². The van der Waals surface area contributed by atoms with E-state index in [0.717, 1.165) is 12.0 Å². The minimum absolute atomic E-state index is 0.0121. The van der Waals surface area contributed by atoms with Gasteiger partial charge in [-0.2, -0.15) is 0 Å². The van der Waals surface area contributed by atoms with E-state index >= 15 is 0 Å². The van der Waals surface area contributed by atoms with Gasteiger partial charge in [0.1, 0.15) is 11.6 Å². The van der Waals surface area contributed by atoms with Crippen LogP contribution in [0.2, 0.25) is 0 Å². The fourth-order valence-electron chi connectivity index (χ4n) is 3.31. The summed E-state index contributed by atoms with van der Waals surface area (Å²) < 4.78 is 10.2. The zero-order valence-electron chi connectivity index (χ0n) is 16.6. The number of rotatable bonds is 6. The number of nitrogens with zero attached hydrogens (tertiary/aromatic N) is 1. The average Bonchev–Trinajstić information content (AvgIpc) is 3.09. The van der Waals surface area contributed by atoms with Gasteiger partial charge in [0.25, 0.3) is 0 Å². The molecule has 0 aliphatic carbocycles. The smallest absolute Gasteiger partial charge is 0.329 e. The van der Waals surface area contributed by atoms with E-state index in [1.165, 1.54) is 7.11 Å². The van der Waals surface area contributed by atoms with Crippen LogP contribution in [0.15, 0.2) is 30.3 Å². The van der Waals surface area contributed by atoms with Gasteiger partial charge < -0.3 is 14.4 Å². The molecule has 1 saturated heterocycles. The third kappa shape index (κ3) is 6.08. The maximum absolute atomic E-state index is 13.2. The van der Waals surface area contributed by atoms with Crippen LogP contribution in [-0.4, -0.2) is 48.0 Å². The Kier molecular flexibility index (Phi) is 6.99. The zero-order chi connectivity index (χ0) is 20.0. The van der Waals surface area contributed by atoms with Gasteiger partial charge >= 0.3 is 11.9 Å². The molecule has 6 heteroatoms. The van der Waals surface area contributed by atoms with Gasteiger partial charge in [-0.15, -0.1) is 0 Å². The van der Waals surface area contributed by atoms with Gasteiger partial charge in [0, 0.05) is 6.54 Å². The highest BCUT2D eigenvalue weighted by Crippen LogP contribution is 2.25. The van der Waals surface area contributed by atoms with Gasteiger partial charge in [0.2, 0.25) is 5.91 Å². The van der Waals surface area contributed by atoms with Crippen molar-refractivity contribution in [3.05, 3.63) is 35.9 Å². The molecule has 1 aromatic carbocycles. The number of hydrogen-bond donors (Lipinski definition) is 0. The van der Waals surface area contributed by atoms with Crippen LogP contribution < -0.4 is 0 Å². The molecule has 1 heterocycles. The molecule has 1 aliphatic heterocycles. The lowest BCUT2D eigenvalue weighted by Gasteiger charge is -2.30. The molecular weight excluding hydrogens is 346 g/mol. The van der Waals surface area contributed by atoms with Crippen molar-refractivity contribution in [1.82, 2.24) is 4.90 Å². The van der Waals surface area contributed by atoms with E-state index in [1.54, 1.807) is 4.90 Å². The van der Waals surface area contributed by atoms with Crippen LogP contribution in [0.1, 0.15) is 45.6 Å². The van der Waals surface area contributed by atoms with E-state index in [9.17, 15) is 14.4 Å². The van der Waals surface area contributed by atoms with Gasteiger partial charge in [0.05, 0.1) is 19.4 Å². The van der Waals surface area contributed by atoms with Crippen molar-refractivity contribution < 1.29 is 23.9 Å². The second kappa shape index (κ2) is 9.02. The predicted molar refractivity (Wildman–Crippen MR) is 101 cm³/mol. The number of likely N-dealkylation sites (tertiary alicyclic amines) is 1. The molecule has 6 nitrogen and oxygen atoms in total. The fraction of sp³-hybridized carbons (Fsp3) is 0.571. The first-order valence-electron chi connectivity index (χ1n) is 9.35. The van der Waals surface area contributed by atoms with Crippen molar-refractivity contribution in [3.63, 3.8) is 0 Å². The lowest BCUT2D eigenvalue weighted by Crippen LogP contribution is -2.46. The molecule has 0 N–H and O–H groups in total. The Morgan fingerprint density at radius 3 is 2.44 bits per heavy atom. The van der Waals surface area contributed by atoms with E-state index in [4.69, 9.17) is 9.47 Å². The topological polar surface area (TPSA) is 72.9 Å². The number of carbonyl (C=O) groups is 3. The van der Waals surface area contributed by atoms with E-state index in [-0.39, 0.29) is 18.3 Å². The molecule has 1 fully saturated rings. The largest absolute Gasteiger partial charge is 0.469 e. The van der Waals surface area contributed by atoms with Crippen molar-refractivity contribution >= 4 is 17.8 Å². The van der Waals surface area contributed by atoms with E-state index in [1.807, 2.05) is 51.1 Å². The average molecular weight is 375 g/mol. The molecule has 1 aromatic rings. The highest BCUT2D eigenvalue weighted by Gasteiger charge is 2.39. The Bertz CT molecular complexity index is 665. The molecule has 148 valence electrons. The summed E-state index contributed by atoms with van der Waals surface area (Å²) in [4.78, 5) is 39.1. The van der Waals surface area contributed by atoms with Gasteiger partial charge in [-0.1, -0.05) is 30.3 Å². The molecular formula is C21H29NO5. The number of amides is 1. The van der Waals surface area contributed by atoms with Crippen molar-refractivity contribution in [2.24, 2.45) is 5.92 Å². The van der Waals surface area contributed by atoms with E-state index in [0.29, 0.717) is 19.4 Å². The standard InChI is InChI=1S/C21H29NO5/c1-21(2,3)27-20(25)17-11-8-12-22(17)19(24)16(14-18(23)26-4)13-15-9-6-5-7-10-15/h5-7,9-10,16-17H,8,11-14H2,1-4H3/t16?,17-/m0/s1. The first-order valence-corrected chi connectivity index (χ1v) is 9.35. The summed E-state index contributed by atoms with van der Waals surface area (Å²) in [6.45, 7) is 5.92. The van der Waals surface area contributed by atoms with Crippen molar-refractivity contribution in [1.29, 1.82) is 0 Å². The Morgan fingerprint density at radius 1 is 1.19 bits per heavy atom. The highest BCUT2D eigenvalue weighted by atomic mass is 16.6. The number of esters is 2. The first-order chi connectivity index (χ1) is 12.7. The second-order valence-corrected chi connectivity index (χ2v) is 7.89. The molecule has 0 bridgehead atoms. The summed E-state index contributed by atoms with van der Waals surface area (Å²) in [7, 11) is 1.31. The summed E-state index contributed by atoms with van der Waals surface area (Å²) in [5.74, 6) is -1.58. The lowest BCUT2D eigenvalue weighted by atomic mass is 9.94. The molecule has 27 heavy (non-hydrogen) atoms. The second-order valence-electron chi connectivity index (χ2n) is 7.89. The zero-order valence-corrected chi connectivity index (χ0v) is 16.6. The van der Waals surface area contributed by atoms with Crippen LogP contribution in [0.25, 0.3) is 0 Å². The molecule has 1 amide bonds. The van der Waals surface area contributed by atoms with Crippen molar-refractivity contribution in [2.45, 2.75) is 58.1 Å². The van der Waals surface area contributed by atoms with Crippen LogP contribution in [0.4, 0.5) is 0 Å². The molecule has 1 unspecified atom stereocenters. The summed E-state index contributed by atoms with van der Waals surface area (Å²) in [5.41, 5.74) is 0.358. The lowest BCUT2D eigenvalue weighted by molar-refractivity contribution is -0.164. The van der Waals surface area contributed by atoms with Crippen molar-refractivity contribution in [2.75, 3.05) is 13.7 Å². The van der Waals surface area contributed by atoms with E-state index in [2.05, 4.69) is 0 Å². The summed E-state index contributed by atoms with van der Waals surface area (Å²) in [6.07, 6.45) is 1.73. The Morgan fingerprint density at radius 2 is 1.85 bits per heavy atom. The minimum atomic E-state index is -0.607. The first kappa shape index (κ1) is 20.9. The fourth-order valence-corrected chi connectivity index (χ4v) is 3.31. The predicted octanol–water partition coefficient (Wildman–Crippen LogP) is 2.74. The molecule has 0 radical (unpaired) electrons. The Labute approximate surface area is 160 Å². The van der Waals surface area contributed by atoms with Crippen LogP contribution in [0, 0.1) is 5.92 Å². The van der Waals surface area contributed by atoms with Gasteiger partial charge in [-0.25, -0.2) is 4.79 Å². The third-order valence-corrected chi connectivity index (χ3v) is 4.53. The maximum Gasteiger partial charge on any atom is 0.329 e. The van der Waals surface area contributed by atoms with E-state index < -0.39 is 23.5 Å². The highest BCUT2D eigenvalue weighted by molar-refractivity contribution is 5.89. The number of carbonyl (C=O) groups excluding carboxylic acids is 3. The van der Waals surface area contributed by atoms with Crippen LogP contribution >= 0.6 is 0 Å². The molecule has 2 rings (SSSR count). The Hall–Kier alpha value is -2.37. The monoisotopic (exact) mass is 375 g/mol.